The molecule has 2 aromatic heterocycles. The fourth-order valence-corrected chi connectivity index (χ4v) is 3.05. The number of carbonyl (C=O) groups excluding carboxylic acids is 1. The zero-order chi connectivity index (χ0) is 12.6. The molecule has 0 aliphatic rings. The Morgan fingerprint density at radius 2 is 2.06 bits per heavy atom. The lowest BCUT2D eigenvalue weighted by atomic mass is 10.2. The first-order chi connectivity index (χ1) is 8.06. The van der Waals surface area contributed by atoms with Crippen molar-refractivity contribution < 1.29 is 9.53 Å². The van der Waals surface area contributed by atoms with Gasteiger partial charge in [-0.05, 0) is 32.8 Å². The van der Waals surface area contributed by atoms with Crippen LogP contribution >= 0.6 is 11.3 Å². The number of hydrogen-bond donors (Lipinski definition) is 1. The van der Waals surface area contributed by atoms with Gasteiger partial charge in [0.1, 0.15) is 0 Å². The van der Waals surface area contributed by atoms with Crippen molar-refractivity contribution in [1.29, 1.82) is 0 Å². The molecule has 4 heteroatoms. The van der Waals surface area contributed by atoms with Crippen LogP contribution in [0.5, 0.6) is 0 Å². The van der Waals surface area contributed by atoms with Crippen molar-refractivity contribution in [2.45, 2.75) is 34.1 Å². The third-order valence-electron chi connectivity index (χ3n) is 2.94. The van der Waals surface area contributed by atoms with E-state index in [-0.39, 0.29) is 5.97 Å². The van der Waals surface area contributed by atoms with Gasteiger partial charge in [0.15, 0.2) is 0 Å². The first kappa shape index (κ1) is 12.2. The Hall–Kier alpha value is -1.29. The number of thiophene rings is 1. The maximum absolute atomic E-state index is 12.0. The molecule has 0 saturated carbocycles. The number of ether oxygens (including phenoxy) is 1. The summed E-state index contributed by atoms with van der Waals surface area (Å²) in [5, 5.41) is 0. The highest BCUT2D eigenvalue weighted by molar-refractivity contribution is 7.19. The Kier molecular flexibility index (Phi) is 3.24. The van der Waals surface area contributed by atoms with E-state index in [0.717, 1.165) is 22.5 Å². The molecule has 0 aliphatic heterocycles. The fraction of sp³-hybridized carbons (Fsp3) is 0.462. The van der Waals surface area contributed by atoms with Gasteiger partial charge in [0.05, 0.1) is 22.4 Å². The first-order valence-corrected chi connectivity index (χ1v) is 6.63. The van der Waals surface area contributed by atoms with Gasteiger partial charge in [-0.2, -0.15) is 0 Å². The molecule has 0 saturated heterocycles. The molecule has 92 valence electrons. The molecule has 0 atom stereocenters. The topological polar surface area (TPSA) is 42.1 Å². The van der Waals surface area contributed by atoms with Crippen LogP contribution < -0.4 is 0 Å². The van der Waals surface area contributed by atoms with Gasteiger partial charge in [0.2, 0.25) is 0 Å². The monoisotopic (exact) mass is 251 g/mol. The second-order valence-corrected chi connectivity index (χ2v) is 5.47. The fourth-order valence-electron chi connectivity index (χ4n) is 1.89. The average Bonchev–Trinajstić information content (AvgIpc) is 2.73. The Morgan fingerprint density at radius 3 is 2.71 bits per heavy atom. The van der Waals surface area contributed by atoms with Crippen molar-refractivity contribution in [2.75, 3.05) is 6.61 Å². The smallest absolute Gasteiger partial charge is 0.341 e. The van der Waals surface area contributed by atoms with Crippen LogP contribution in [0.1, 0.15) is 39.8 Å². The van der Waals surface area contributed by atoms with Gasteiger partial charge in [-0.1, -0.05) is 6.92 Å². The number of H-pyrrole nitrogens is 1. The zero-order valence-electron chi connectivity index (χ0n) is 10.6. The van der Waals surface area contributed by atoms with Gasteiger partial charge in [-0.25, -0.2) is 4.79 Å². The molecule has 0 aliphatic carbocycles. The number of nitrogens with one attached hydrogen (secondary N) is 1. The number of aromatic amines is 1. The summed E-state index contributed by atoms with van der Waals surface area (Å²) < 4.78 is 6.39. The lowest BCUT2D eigenvalue weighted by Gasteiger charge is -2.02. The number of aryl methyl sites for hydroxylation is 3. The van der Waals surface area contributed by atoms with Gasteiger partial charge in [0, 0.05) is 10.6 Å². The molecule has 0 radical (unpaired) electrons. The van der Waals surface area contributed by atoms with E-state index in [4.69, 9.17) is 4.74 Å². The molecule has 17 heavy (non-hydrogen) atoms. The van der Waals surface area contributed by atoms with Crippen LogP contribution in [0.25, 0.3) is 10.2 Å². The Bertz CT molecular complexity index is 565. The number of hydrogen-bond acceptors (Lipinski definition) is 3. The summed E-state index contributed by atoms with van der Waals surface area (Å²) in [4.78, 5) is 16.3. The van der Waals surface area contributed by atoms with E-state index in [0.29, 0.717) is 12.2 Å². The minimum absolute atomic E-state index is 0.211. The van der Waals surface area contributed by atoms with Crippen molar-refractivity contribution in [3.8, 4) is 0 Å². The molecule has 0 fully saturated rings. The second kappa shape index (κ2) is 4.53. The molecular weight excluding hydrogens is 234 g/mol. The molecule has 3 nitrogen and oxygen atoms in total. The quantitative estimate of drug-likeness (QED) is 0.845. The third-order valence-corrected chi connectivity index (χ3v) is 4.17. The van der Waals surface area contributed by atoms with Crippen molar-refractivity contribution >= 4 is 27.5 Å². The molecule has 1 N–H and O–H groups in total. The summed E-state index contributed by atoms with van der Waals surface area (Å²) in [6.07, 6.45) is 0.848. The molecule has 0 spiro atoms. The lowest BCUT2D eigenvalue weighted by molar-refractivity contribution is 0.0507. The van der Waals surface area contributed by atoms with Gasteiger partial charge in [-0.15, -0.1) is 11.3 Å². The lowest BCUT2D eigenvalue weighted by Crippen LogP contribution is -2.06. The van der Waals surface area contributed by atoms with Crippen LogP contribution in [-0.4, -0.2) is 17.6 Å². The third kappa shape index (κ3) is 1.97. The van der Waals surface area contributed by atoms with Crippen molar-refractivity contribution in [1.82, 2.24) is 4.98 Å². The van der Waals surface area contributed by atoms with Gasteiger partial charge in [-0.3, -0.25) is 0 Å². The van der Waals surface area contributed by atoms with Gasteiger partial charge < -0.3 is 9.72 Å². The molecule has 2 heterocycles. The van der Waals surface area contributed by atoms with Crippen LogP contribution in [-0.2, 0) is 4.74 Å². The molecule has 0 bridgehead atoms. The Balaban J connectivity index is 2.49. The first-order valence-electron chi connectivity index (χ1n) is 5.81. The summed E-state index contributed by atoms with van der Waals surface area (Å²) in [6.45, 7) is 8.54. The number of rotatable bonds is 3. The number of carbonyl (C=O) groups is 1. The minimum atomic E-state index is -0.211. The summed E-state index contributed by atoms with van der Waals surface area (Å²) in [6, 6.07) is 0. The number of esters is 1. The number of fused-ring (bicyclic) bond motifs is 1. The van der Waals surface area contributed by atoms with Gasteiger partial charge in [0.25, 0.3) is 0 Å². The van der Waals surface area contributed by atoms with E-state index < -0.39 is 0 Å². The highest BCUT2D eigenvalue weighted by Crippen LogP contribution is 2.34. The predicted molar refractivity (Wildman–Crippen MR) is 71.0 cm³/mol. The van der Waals surface area contributed by atoms with E-state index in [1.54, 1.807) is 11.3 Å². The molecule has 0 aromatic carbocycles. The van der Waals surface area contributed by atoms with Crippen LogP contribution in [0.15, 0.2) is 0 Å². The normalized spacial score (nSPS) is 11.1. The summed E-state index contributed by atoms with van der Waals surface area (Å²) >= 11 is 1.66. The van der Waals surface area contributed by atoms with Gasteiger partial charge >= 0.3 is 5.97 Å². The van der Waals surface area contributed by atoms with Crippen LogP contribution in [0.4, 0.5) is 0 Å². The Morgan fingerprint density at radius 1 is 1.35 bits per heavy atom. The zero-order valence-corrected chi connectivity index (χ0v) is 11.5. The molecular formula is C13H17NO2S. The summed E-state index contributed by atoms with van der Waals surface area (Å²) in [5.41, 5.74) is 3.98. The summed E-state index contributed by atoms with van der Waals surface area (Å²) in [7, 11) is 0. The Labute approximate surface area is 105 Å². The van der Waals surface area contributed by atoms with Crippen LogP contribution in [0.3, 0.4) is 0 Å². The maximum Gasteiger partial charge on any atom is 0.341 e. The second-order valence-electron chi connectivity index (χ2n) is 4.25. The molecule has 2 rings (SSSR count). The minimum Gasteiger partial charge on any atom is -0.462 e. The van der Waals surface area contributed by atoms with Crippen molar-refractivity contribution in [3.63, 3.8) is 0 Å². The maximum atomic E-state index is 12.0. The van der Waals surface area contributed by atoms with Crippen LogP contribution in [0.2, 0.25) is 0 Å². The average molecular weight is 251 g/mol. The molecule has 2 aromatic rings. The number of aromatic nitrogens is 1. The standard InChI is InChI=1S/C13H17NO2S/c1-5-6-16-13(15)10-9(4)17-12-7(2)8(3)14-11(10)12/h14H,5-6H2,1-4H3. The van der Waals surface area contributed by atoms with E-state index in [1.807, 2.05) is 20.8 Å². The SMILES string of the molecule is CCCOC(=O)c1c(C)sc2c(C)c(C)[nH]c12. The van der Waals surface area contributed by atoms with Crippen molar-refractivity contribution in [2.24, 2.45) is 0 Å². The largest absolute Gasteiger partial charge is 0.462 e. The molecule has 0 unspecified atom stereocenters. The van der Waals surface area contributed by atoms with E-state index >= 15 is 0 Å². The highest BCUT2D eigenvalue weighted by Gasteiger charge is 2.20. The van der Waals surface area contributed by atoms with E-state index in [2.05, 4.69) is 11.9 Å². The summed E-state index contributed by atoms with van der Waals surface area (Å²) in [5.74, 6) is -0.211. The highest BCUT2D eigenvalue weighted by atomic mass is 32.1. The van der Waals surface area contributed by atoms with Crippen molar-refractivity contribution in [3.05, 3.63) is 21.7 Å². The molecule has 0 amide bonds. The van der Waals surface area contributed by atoms with Crippen LogP contribution in [0, 0.1) is 20.8 Å². The van der Waals surface area contributed by atoms with E-state index in [1.165, 1.54) is 10.3 Å². The predicted octanol–water partition coefficient (Wildman–Crippen LogP) is 3.72. The van der Waals surface area contributed by atoms with E-state index in [9.17, 15) is 4.79 Å².